The largest absolute Gasteiger partial charge is 0.307 e. The standard InChI is InChI=1S/C53H27N7/c1-55-50-42(30-13-4-2-5-14-30)38(29-54)51(59-39-22-11-20-36-45(39)46-37(21-12-23-40(46)59)49-48(36)56-27-28-57-49)43(31-15-6-3-7-16-31)52(50)60-41-24-10-19-34-32-17-8-9-18-33(32)35-25-26-58-53(60)47(35)44(34)41/h2-28H. The second-order valence-corrected chi connectivity index (χ2v) is 15.3. The minimum Gasteiger partial charge on any atom is -0.307 e. The van der Waals surface area contributed by atoms with E-state index in [0.29, 0.717) is 28.2 Å². The summed E-state index contributed by atoms with van der Waals surface area (Å²) in [5.74, 6) is 0. The number of nitriles is 1. The predicted molar refractivity (Wildman–Crippen MR) is 243 cm³/mol. The van der Waals surface area contributed by atoms with E-state index in [1.165, 1.54) is 0 Å². The molecular formula is C53H27N7. The van der Waals surface area contributed by atoms with E-state index in [4.69, 9.17) is 21.5 Å². The molecule has 0 bridgehead atoms. The smallest absolute Gasteiger partial charge is 0.220 e. The summed E-state index contributed by atoms with van der Waals surface area (Å²) in [5.41, 5.74) is 10.3. The molecule has 0 fully saturated rings. The van der Waals surface area contributed by atoms with Crippen LogP contribution in [-0.4, -0.2) is 24.1 Å². The monoisotopic (exact) mass is 761 g/mol. The van der Waals surface area contributed by atoms with Crippen LogP contribution in [-0.2, 0) is 0 Å². The molecule has 0 aliphatic heterocycles. The molecule has 0 atom stereocenters. The van der Waals surface area contributed by atoms with Crippen LogP contribution in [0, 0.1) is 17.9 Å². The maximum absolute atomic E-state index is 11.7. The maximum atomic E-state index is 11.7. The summed E-state index contributed by atoms with van der Waals surface area (Å²) in [6.07, 6.45) is 5.37. The zero-order chi connectivity index (χ0) is 39.6. The minimum absolute atomic E-state index is 0.376. The zero-order valence-corrected chi connectivity index (χ0v) is 31.7. The molecule has 4 aromatic heterocycles. The Morgan fingerprint density at radius 1 is 0.450 bits per heavy atom. The van der Waals surface area contributed by atoms with Gasteiger partial charge in [0.15, 0.2) is 0 Å². The molecule has 60 heavy (non-hydrogen) atoms. The number of rotatable bonds is 4. The Hall–Kier alpha value is -8.65. The molecule has 0 unspecified atom stereocenters. The van der Waals surface area contributed by atoms with Crippen LogP contribution >= 0.6 is 0 Å². The predicted octanol–water partition coefficient (Wildman–Crippen LogP) is 13.3. The molecule has 0 amide bonds. The van der Waals surface area contributed by atoms with Gasteiger partial charge in [0.1, 0.15) is 11.7 Å². The van der Waals surface area contributed by atoms with Gasteiger partial charge >= 0.3 is 0 Å². The molecule has 0 aliphatic carbocycles. The SMILES string of the molecule is [C-]#[N+]c1c(-c2ccccc2)c(C#N)c(-n2c3cccc4c5nccnc5c5cccc2c5c43)c(-c2ccccc2)c1-n1c2cccc3c4ccccc4c4ccnc1c4c32. The summed E-state index contributed by atoms with van der Waals surface area (Å²) in [6, 6.07) is 52.5. The summed E-state index contributed by atoms with van der Waals surface area (Å²) in [4.78, 5) is 19.3. The highest BCUT2D eigenvalue weighted by molar-refractivity contribution is 6.35. The van der Waals surface area contributed by atoms with Crippen molar-refractivity contribution < 1.29 is 0 Å². The molecule has 0 spiro atoms. The average Bonchev–Trinajstić information content (AvgIpc) is 3.84. The third-order valence-corrected chi connectivity index (χ3v) is 12.4. The van der Waals surface area contributed by atoms with Crippen LogP contribution in [0.15, 0.2) is 164 Å². The van der Waals surface area contributed by atoms with Crippen molar-refractivity contribution in [3.05, 3.63) is 181 Å². The van der Waals surface area contributed by atoms with Gasteiger partial charge in [0.2, 0.25) is 5.69 Å². The van der Waals surface area contributed by atoms with Crippen molar-refractivity contribution in [1.82, 2.24) is 24.1 Å². The number of nitrogens with zero attached hydrogens (tertiary/aromatic N) is 7. The highest BCUT2D eigenvalue weighted by atomic mass is 15.1. The summed E-state index contributed by atoms with van der Waals surface area (Å²) in [6.45, 7) is 9.13. The molecule has 13 rings (SSSR count). The van der Waals surface area contributed by atoms with Gasteiger partial charge in [-0.05, 0) is 56.9 Å². The number of fused-ring (bicyclic) bond motifs is 6. The number of hydrogen-bond donors (Lipinski definition) is 0. The van der Waals surface area contributed by atoms with Crippen molar-refractivity contribution in [2.45, 2.75) is 0 Å². The van der Waals surface area contributed by atoms with Crippen molar-refractivity contribution in [3.63, 3.8) is 0 Å². The second kappa shape index (κ2) is 11.9. The van der Waals surface area contributed by atoms with E-state index in [0.717, 1.165) is 104 Å². The Bertz CT molecular complexity index is 3620. The van der Waals surface area contributed by atoms with Gasteiger partial charge in [-0.25, -0.2) is 9.83 Å². The van der Waals surface area contributed by atoms with Crippen molar-refractivity contribution in [2.24, 2.45) is 0 Å². The van der Waals surface area contributed by atoms with E-state index in [2.05, 4.69) is 117 Å². The van der Waals surface area contributed by atoms with Crippen LogP contribution in [0.3, 0.4) is 0 Å². The molecule has 7 nitrogen and oxygen atoms in total. The molecule has 0 saturated carbocycles. The average molecular weight is 762 g/mol. The summed E-state index contributed by atoms with van der Waals surface area (Å²) >= 11 is 0. The van der Waals surface area contributed by atoms with E-state index >= 15 is 0 Å². The number of aromatic nitrogens is 5. The highest BCUT2D eigenvalue weighted by Gasteiger charge is 2.33. The Labute approximate surface area is 341 Å². The first kappa shape index (κ1) is 32.4. The molecule has 0 N–H and O–H groups in total. The van der Waals surface area contributed by atoms with Crippen molar-refractivity contribution >= 4 is 92.8 Å². The van der Waals surface area contributed by atoms with Gasteiger partial charge < -0.3 is 9.13 Å². The fourth-order valence-corrected chi connectivity index (χ4v) is 10.2. The van der Waals surface area contributed by atoms with Crippen LogP contribution in [0.2, 0.25) is 0 Å². The molecule has 9 aromatic carbocycles. The fourth-order valence-electron chi connectivity index (χ4n) is 10.2. The van der Waals surface area contributed by atoms with Gasteiger partial charge in [0.25, 0.3) is 0 Å². The molecule has 0 saturated heterocycles. The van der Waals surface area contributed by atoms with Gasteiger partial charge in [0, 0.05) is 62.0 Å². The Morgan fingerprint density at radius 3 is 1.53 bits per heavy atom. The third-order valence-electron chi connectivity index (χ3n) is 12.4. The lowest BCUT2D eigenvalue weighted by molar-refractivity contribution is 1.12. The van der Waals surface area contributed by atoms with E-state index in [9.17, 15) is 5.26 Å². The molecule has 0 radical (unpaired) electrons. The lowest BCUT2D eigenvalue weighted by Crippen LogP contribution is -2.09. The highest BCUT2D eigenvalue weighted by Crippen LogP contribution is 2.54. The number of hydrogen-bond acceptors (Lipinski definition) is 4. The first-order valence-electron chi connectivity index (χ1n) is 19.8. The quantitative estimate of drug-likeness (QED) is 0.132. The molecule has 274 valence electrons. The zero-order valence-electron chi connectivity index (χ0n) is 31.7. The van der Waals surface area contributed by atoms with E-state index < -0.39 is 0 Å². The normalized spacial score (nSPS) is 12.0. The Kier molecular flexibility index (Phi) is 6.45. The van der Waals surface area contributed by atoms with Crippen LogP contribution < -0.4 is 0 Å². The number of pyridine rings is 1. The Balaban J connectivity index is 1.33. The molecular weight excluding hydrogens is 735 g/mol. The maximum Gasteiger partial charge on any atom is 0.220 e. The summed E-state index contributed by atoms with van der Waals surface area (Å²) in [5, 5.41) is 22.4. The van der Waals surface area contributed by atoms with Gasteiger partial charge in [-0.2, -0.15) is 5.26 Å². The fraction of sp³-hybridized carbons (Fsp3) is 0. The van der Waals surface area contributed by atoms with Gasteiger partial charge in [0.05, 0.1) is 51.1 Å². The van der Waals surface area contributed by atoms with Gasteiger partial charge in [-0.1, -0.05) is 121 Å². The summed E-state index contributed by atoms with van der Waals surface area (Å²) < 4.78 is 4.45. The van der Waals surface area contributed by atoms with E-state index in [-0.39, 0.29) is 0 Å². The van der Waals surface area contributed by atoms with Crippen molar-refractivity contribution in [2.75, 3.05) is 0 Å². The lowest BCUT2D eigenvalue weighted by Gasteiger charge is -2.25. The van der Waals surface area contributed by atoms with Crippen LogP contribution in [0.4, 0.5) is 5.69 Å². The van der Waals surface area contributed by atoms with Crippen molar-refractivity contribution in [1.29, 1.82) is 5.26 Å². The van der Waals surface area contributed by atoms with E-state index in [1.54, 1.807) is 12.4 Å². The first-order valence-corrected chi connectivity index (χ1v) is 19.8. The summed E-state index contributed by atoms with van der Waals surface area (Å²) in [7, 11) is 0. The van der Waals surface area contributed by atoms with Crippen LogP contribution in [0.1, 0.15) is 5.56 Å². The van der Waals surface area contributed by atoms with Gasteiger partial charge in [-0.3, -0.25) is 9.97 Å². The topological polar surface area (TPSA) is 76.7 Å². The lowest BCUT2D eigenvalue weighted by atomic mass is 9.88. The van der Waals surface area contributed by atoms with Crippen molar-refractivity contribution in [3.8, 4) is 39.7 Å². The molecule has 7 heteroatoms. The van der Waals surface area contributed by atoms with Crippen LogP contribution in [0.5, 0.6) is 0 Å². The molecule has 4 heterocycles. The third kappa shape index (κ3) is 4.02. The Morgan fingerprint density at radius 2 is 0.950 bits per heavy atom. The molecule has 0 aliphatic rings. The first-order chi connectivity index (χ1) is 29.8. The van der Waals surface area contributed by atoms with Crippen LogP contribution in [0.25, 0.3) is 126 Å². The van der Waals surface area contributed by atoms with Gasteiger partial charge in [-0.15, -0.1) is 0 Å². The second-order valence-electron chi connectivity index (χ2n) is 15.3. The minimum atomic E-state index is 0.376. The number of benzene rings is 9. The molecule has 13 aromatic rings. The van der Waals surface area contributed by atoms with E-state index in [1.807, 2.05) is 54.7 Å².